The third kappa shape index (κ3) is 4.49. The predicted octanol–water partition coefficient (Wildman–Crippen LogP) is 4.78. The molecule has 0 aromatic heterocycles. The summed E-state index contributed by atoms with van der Waals surface area (Å²) in [5.74, 6) is 0.565. The van der Waals surface area contributed by atoms with Crippen LogP contribution >= 0.6 is 11.6 Å². The molecule has 1 atom stereocenters. The second-order valence-corrected chi connectivity index (χ2v) is 6.50. The van der Waals surface area contributed by atoms with Crippen molar-refractivity contribution in [2.45, 2.75) is 26.4 Å². The minimum atomic E-state index is -0.661. The lowest BCUT2D eigenvalue weighted by Gasteiger charge is -2.24. The Balaban J connectivity index is 1.88. The zero-order valence-electron chi connectivity index (χ0n) is 15.0. The summed E-state index contributed by atoms with van der Waals surface area (Å²) >= 11 is 5.87. The number of Topliss-reactive ketones (excluding diaryl/α,β-unsaturated/α-hetero) is 1. The molecule has 0 bridgehead atoms. The molecule has 3 rings (SSSR count). The fraction of sp³-hybridized carbons (Fsp3) is 0.238. The summed E-state index contributed by atoms with van der Waals surface area (Å²) in [6.45, 7) is 3.67. The highest BCUT2D eigenvalue weighted by atomic mass is 35.5. The standard InChI is InChI=1S/C21H19ClO5/c1-3-25-21(24)19-18(23)12-13(2)26-20(19)14-4-8-16(9-5-14)27-17-10-6-15(22)7-11-17/h4-11,13H,3,12H2,1-2H3. The van der Waals surface area contributed by atoms with Crippen molar-refractivity contribution in [1.82, 2.24) is 0 Å². The first-order valence-corrected chi connectivity index (χ1v) is 9.01. The van der Waals surface area contributed by atoms with Gasteiger partial charge in [-0.15, -0.1) is 0 Å². The minimum absolute atomic E-state index is 0.0404. The monoisotopic (exact) mass is 386 g/mol. The number of carbonyl (C=O) groups is 2. The van der Waals surface area contributed by atoms with E-state index in [0.29, 0.717) is 22.1 Å². The minimum Gasteiger partial charge on any atom is -0.489 e. The maximum Gasteiger partial charge on any atom is 0.345 e. The van der Waals surface area contributed by atoms with Gasteiger partial charge in [0.05, 0.1) is 6.61 Å². The summed E-state index contributed by atoms with van der Waals surface area (Å²) in [5.41, 5.74) is 0.572. The predicted molar refractivity (Wildman–Crippen MR) is 102 cm³/mol. The van der Waals surface area contributed by atoms with Crippen molar-refractivity contribution >= 4 is 29.1 Å². The number of ether oxygens (including phenoxy) is 3. The van der Waals surface area contributed by atoms with Crippen molar-refractivity contribution < 1.29 is 23.8 Å². The van der Waals surface area contributed by atoms with Gasteiger partial charge in [0, 0.05) is 17.0 Å². The fourth-order valence-electron chi connectivity index (χ4n) is 2.73. The van der Waals surface area contributed by atoms with E-state index < -0.39 is 5.97 Å². The van der Waals surface area contributed by atoms with E-state index >= 15 is 0 Å². The van der Waals surface area contributed by atoms with Crippen LogP contribution in [-0.2, 0) is 19.1 Å². The Morgan fingerprint density at radius 2 is 1.70 bits per heavy atom. The summed E-state index contributed by atoms with van der Waals surface area (Å²) in [6.07, 6.45) is -0.161. The highest BCUT2D eigenvalue weighted by Gasteiger charge is 2.33. The van der Waals surface area contributed by atoms with Crippen LogP contribution in [0.1, 0.15) is 25.8 Å². The smallest absolute Gasteiger partial charge is 0.345 e. The zero-order chi connectivity index (χ0) is 19.4. The largest absolute Gasteiger partial charge is 0.489 e. The van der Waals surface area contributed by atoms with Crippen LogP contribution in [0.4, 0.5) is 0 Å². The summed E-state index contributed by atoms with van der Waals surface area (Å²) in [4.78, 5) is 24.6. The molecule has 1 heterocycles. The van der Waals surface area contributed by atoms with E-state index in [1.807, 2.05) is 0 Å². The summed E-state index contributed by atoms with van der Waals surface area (Å²) in [5, 5.41) is 0.629. The average Bonchev–Trinajstić information content (AvgIpc) is 2.64. The molecule has 5 nitrogen and oxygen atoms in total. The van der Waals surface area contributed by atoms with Crippen molar-refractivity contribution in [1.29, 1.82) is 0 Å². The summed E-state index contributed by atoms with van der Waals surface area (Å²) in [7, 11) is 0. The topological polar surface area (TPSA) is 61.8 Å². The SMILES string of the molecule is CCOC(=O)C1=C(c2ccc(Oc3ccc(Cl)cc3)cc2)OC(C)CC1=O. The van der Waals surface area contributed by atoms with Crippen LogP contribution in [0.3, 0.4) is 0 Å². The van der Waals surface area contributed by atoms with E-state index in [-0.39, 0.29) is 36.2 Å². The lowest BCUT2D eigenvalue weighted by Crippen LogP contribution is -2.28. The molecule has 0 fully saturated rings. The van der Waals surface area contributed by atoms with Crippen LogP contribution in [-0.4, -0.2) is 24.5 Å². The van der Waals surface area contributed by atoms with Gasteiger partial charge < -0.3 is 14.2 Å². The van der Waals surface area contributed by atoms with Gasteiger partial charge in [-0.3, -0.25) is 4.79 Å². The Morgan fingerprint density at radius 3 is 2.30 bits per heavy atom. The molecule has 6 heteroatoms. The summed E-state index contributed by atoms with van der Waals surface area (Å²) < 4.78 is 16.6. The second-order valence-electron chi connectivity index (χ2n) is 6.06. The maximum atomic E-state index is 12.4. The zero-order valence-corrected chi connectivity index (χ0v) is 15.8. The molecule has 0 aliphatic carbocycles. The lowest BCUT2D eigenvalue weighted by atomic mass is 9.98. The first-order valence-electron chi connectivity index (χ1n) is 8.63. The van der Waals surface area contributed by atoms with Crippen LogP contribution in [0.15, 0.2) is 54.1 Å². The molecule has 0 amide bonds. The van der Waals surface area contributed by atoms with Crippen molar-refractivity contribution in [3.8, 4) is 11.5 Å². The number of carbonyl (C=O) groups excluding carboxylic acids is 2. The molecule has 2 aromatic carbocycles. The van der Waals surface area contributed by atoms with E-state index in [0.717, 1.165) is 0 Å². The van der Waals surface area contributed by atoms with Gasteiger partial charge in [0.25, 0.3) is 0 Å². The normalized spacial score (nSPS) is 16.7. The molecule has 1 aliphatic rings. The van der Waals surface area contributed by atoms with Gasteiger partial charge in [-0.2, -0.15) is 0 Å². The van der Waals surface area contributed by atoms with Crippen LogP contribution in [0.25, 0.3) is 5.76 Å². The number of hydrogen-bond donors (Lipinski definition) is 0. The van der Waals surface area contributed by atoms with Crippen LogP contribution in [0.2, 0.25) is 5.02 Å². The molecule has 0 saturated carbocycles. The maximum absolute atomic E-state index is 12.4. The van der Waals surface area contributed by atoms with Crippen molar-refractivity contribution in [2.24, 2.45) is 0 Å². The molecule has 0 radical (unpaired) electrons. The van der Waals surface area contributed by atoms with E-state index in [4.69, 9.17) is 25.8 Å². The van der Waals surface area contributed by atoms with Gasteiger partial charge in [-0.1, -0.05) is 11.6 Å². The van der Waals surface area contributed by atoms with E-state index in [1.165, 1.54) is 0 Å². The number of ketones is 1. The van der Waals surface area contributed by atoms with Gasteiger partial charge in [-0.25, -0.2) is 4.79 Å². The van der Waals surface area contributed by atoms with Crippen LogP contribution in [0, 0.1) is 0 Å². The molecule has 140 valence electrons. The Kier molecular flexibility index (Phi) is 5.81. The highest BCUT2D eigenvalue weighted by Crippen LogP contribution is 2.31. The lowest BCUT2D eigenvalue weighted by molar-refractivity contribution is -0.140. The van der Waals surface area contributed by atoms with Gasteiger partial charge >= 0.3 is 5.97 Å². The van der Waals surface area contributed by atoms with Crippen LogP contribution in [0.5, 0.6) is 11.5 Å². The van der Waals surface area contributed by atoms with E-state index in [9.17, 15) is 9.59 Å². The molecule has 1 unspecified atom stereocenters. The Labute approximate surface area is 162 Å². The Morgan fingerprint density at radius 1 is 1.11 bits per heavy atom. The molecule has 1 aliphatic heterocycles. The molecule has 0 saturated heterocycles. The molecule has 27 heavy (non-hydrogen) atoms. The molecule has 0 spiro atoms. The molecule has 2 aromatic rings. The third-order valence-corrected chi connectivity index (χ3v) is 4.20. The first-order chi connectivity index (χ1) is 13.0. The average molecular weight is 387 g/mol. The van der Waals surface area contributed by atoms with Gasteiger partial charge in [0.2, 0.25) is 0 Å². The van der Waals surface area contributed by atoms with Crippen molar-refractivity contribution in [2.75, 3.05) is 6.61 Å². The van der Waals surface area contributed by atoms with Crippen molar-refractivity contribution in [3.05, 3.63) is 64.7 Å². The fourth-order valence-corrected chi connectivity index (χ4v) is 2.85. The second kappa shape index (κ2) is 8.27. The van der Waals surface area contributed by atoms with E-state index in [2.05, 4.69) is 0 Å². The number of halogens is 1. The van der Waals surface area contributed by atoms with Gasteiger partial charge in [-0.05, 0) is 62.4 Å². The van der Waals surface area contributed by atoms with Gasteiger partial charge in [0.1, 0.15) is 28.9 Å². The molecular formula is C21H19ClO5. The number of benzene rings is 2. The van der Waals surface area contributed by atoms with Crippen LogP contribution < -0.4 is 4.74 Å². The van der Waals surface area contributed by atoms with E-state index in [1.54, 1.807) is 62.4 Å². The number of rotatable bonds is 5. The molecule has 0 N–H and O–H groups in total. The number of hydrogen-bond acceptors (Lipinski definition) is 5. The Bertz CT molecular complexity index is 868. The summed E-state index contributed by atoms with van der Waals surface area (Å²) in [6, 6.07) is 14.0. The Hall–Kier alpha value is -2.79. The van der Waals surface area contributed by atoms with Crippen molar-refractivity contribution in [3.63, 3.8) is 0 Å². The quantitative estimate of drug-likeness (QED) is 0.546. The highest BCUT2D eigenvalue weighted by molar-refractivity contribution is 6.30. The molecular weight excluding hydrogens is 368 g/mol. The first kappa shape index (κ1) is 19.0. The third-order valence-electron chi connectivity index (χ3n) is 3.94. The number of esters is 1. The van der Waals surface area contributed by atoms with Gasteiger partial charge in [0.15, 0.2) is 5.78 Å².